The molecular formula is C28H29ClN4O7S. The normalized spacial score (nSPS) is 13.7. The Hall–Kier alpha value is -4.10. The number of anilines is 2. The minimum Gasteiger partial charge on any atom is -0.506 e. The number of amides is 1. The van der Waals surface area contributed by atoms with Crippen LogP contribution in [-0.4, -0.2) is 49.4 Å². The molecule has 3 aromatic carbocycles. The number of benzene rings is 3. The summed E-state index contributed by atoms with van der Waals surface area (Å²) in [6.45, 7) is 1.55. The van der Waals surface area contributed by atoms with Crippen molar-refractivity contribution in [3.8, 4) is 23.0 Å². The van der Waals surface area contributed by atoms with Crippen LogP contribution in [0.4, 0.5) is 11.4 Å². The Morgan fingerprint density at radius 1 is 1.15 bits per heavy atom. The van der Waals surface area contributed by atoms with E-state index >= 15 is 0 Å². The van der Waals surface area contributed by atoms with Crippen LogP contribution in [0.1, 0.15) is 24.2 Å². The SMILES string of the molecule is COc1ccc(C(C)(NC[C@@H](O)c2ccc(O)c(NS(C)(=O)=O)c2)C(=O)Nc2ccc(-c3ncco3)c(Cl)c2)cc1. The van der Waals surface area contributed by atoms with Crippen LogP contribution in [0.3, 0.4) is 0 Å². The predicted molar refractivity (Wildman–Crippen MR) is 155 cm³/mol. The molecule has 1 aromatic heterocycles. The van der Waals surface area contributed by atoms with Gasteiger partial charge in [0, 0.05) is 12.2 Å². The standard InChI is InChI=1S/C28H29ClN4O7S/c1-28(18-5-8-20(39-2)9-6-18,27(36)32-19-7-10-21(22(29)15-19)26-30-12-13-40-26)31-16-25(35)17-4-11-24(34)23(14-17)33-41(3,37)38/h4-15,25,31,33-35H,16H2,1-3H3,(H,32,36)/t25-,28?/m1/s1. The first kappa shape index (κ1) is 29.9. The second-order valence-electron chi connectivity index (χ2n) is 9.39. The van der Waals surface area contributed by atoms with Gasteiger partial charge in [-0.3, -0.25) is 14.8 Å². The van der Waals surface area contributed by atoms with Gasteiger partial charge in [-0.05, 0) is 60.5 Å². The van der Waals surface area contributed by atoms with Crippen LogP contribution in [0.25, 0.3) is 11.5 Å². The van der Waals surface area contributed by atoms with Gasteiger partial charge in [-0.2, -0.15) is 0 Å². The molecule has 0 aliphatic rings. The predicted octanol–water partition coefficient (Wildman–Crippen LogP) is 4.26. The molecule has 216 valence electrons. The van der Waals surface area contributed by atoms with E-state index in [0.717, 1.165) is 6.26 Å². The lowest BCUT2D eigenvalue weighted by Gasteiger charge is -2.31. The van der Waals surface area contributed by atoms with Crippen LogP contribution >= 0.6 is 11.6 Å². The van der Waals surface area contributed by atoms with E-state index in [-0.39, 0.29) is 18.0 Å². The maximum absolute atomic E-state index is 13.7. The number of nitrogens with one attached hydrogen (secondary N) is 3. The van der Waals surface area contributed by atoms with E-state index in [2.05, 4.69) is 20.3 Å². The zero-order chi connectivity index (χ0) is 29.8. The van der Waals surface area contributed by atoms with Gasteiger partial charge in [0.2, 0.25) is 21.8 Å². The van der Waals surface area contributed by atoms with Gasteiger partial charge in [0.15, 0.2) is 0 Å². The third-order valence-electron chi connectivity index (χ3n) is 6.36. The monoisotopic (exact) mass is 600 g/mol. The number of ether oxygens (including phenoxy) is 1. The van der Waals surface area contributed by atoms with Crippen molar-refractivity contribution in [1.29, 1.82) is 0 Å². The topological polar surface area (TPSA) is 163 Å². The van der Waals surface area contributed by atoms with Crippen LogP contribution in [0, 0.1) is 0 Å². The first-order chi connectivity index (χ1) is 19.4. The number of nitrogens with zero attached hydrogens (tertiary/aromatic N) is 1. The van der Waals surface area contributed by atoms with Gasteiger partial charge in [0.25, 0.3) is 0 Å². The molecule has 1 heterocycles. The zero-order valence-electron chi connectivity index (χ0n) is 22.4. The number of halogens is 1. The molecule has 0 bridgehead atoms. The van der Waals surface area contributed by atoms with Crippen molar-refractivity contribution in [2.75, 3.05) is 29.9 Å². The Labute approximate surface area is 242 Å². The third-order valence-corrected chi connectivity index (χ3v) is 7.26. The zero-order valence-corrected chi connectivity index (χ0v) is 24.0. The Morgan fingerprint density at radius 2 is 1.88 bits per heavy atom. The fourth-order valence-corrected chi connectivity index (χ4v) is 4.90. The average molecular weight is 601 g/mol. The molecule has 41 heavy (non-hydrogen) atoms. The first-order valence-electron chi connectivity index (χ1n) is 12.3. The third kappa shape index (κ3) is 7.16. The second-order valence-corrected chi connectivity index (χ2v) is 11.5. The molecule has 0 fully saturated rings. The lowest BCUT2D eigenvalue weighted by Crippen LogP contribution is -2.50. The van der Waals surface area contributed by atoms with Crippen molar-refractivity contribution < 1.29 is 32.6 Å². The van der Waals surface area contributed by atoms with Gasteiger partial charge < -0.3 is 24.7 Å². The molecule has 1 unspecified atom stereocenters. The number of rotatable bonds is 11. The molecule has 0 saturated heterocycles. The van der Waals surface area contributed by atoms with Gasteiger partial charge in [-0.1, -0.05) is 29.8 Å². The highest BCUT2D eigenvalue weighted by Gasteiger charge is 2.36. The molecule has 0 spiro atoms. The molecular weight excluding hydrogens is 572 g/mol. The van der Waals surface area contributed by atoms with E-state index < -0.39 is 27.6 Å². The summed E-state index contributed by atoms with van der Waals surface area (Å²) in [7, 11) is -2.13. The van der Waals surface area contributed by atoms with Crippen molar-refractivity contribution in [1.82, 2.24) is 10.3 Å². The number of phenolic OH excluding ortho intramolecular Hbond substituents is 1. The molecule has 4 rings (SSSR count). The summed E-state index contributed by atoms with van der Waals surface area (Å²) in [6, 6.07) is 15.9. The summed E-state index contributed by atoms with van der Waals surface area (Å²) < 4.78 is 36.1. The van der Waals surface area contributed by atoms with Gasteiger partial charge in [0.05, 0.1) is 41.9 Å². The van der Waals surface area contributed by atoms with E-state index in [9.17, 15) is 23.4 Å². The second kappa shape index (κ2) is 12.2. The lowest BCUT2D eigenvalue weighted by molar-refractivity contribution is -0.122. The summed E-state index contributed by atoms with van der Waals surface area (Å²) in [4.78, 5) is 17.8. The van der Waals surface area contributed by atoms with Gasteiger partial charge in [-0.15, -0.1) is 0 Å². The van der Waals surface area contributed by atoms with E-state index in [0.29, 0.717) is 39.0 Å². The molecule has 0 saturated carbocycles. The lowest BCUT2D eigenvalue weighted by atomic mass is 9.90. The smallest absolute Gasteiger partial charge is 0.249 e. The van der Waals surface area contributed by atoms with E-state index in [1.807, 2.05) is 0 Å². The van der Waals surface area contributed by atoms with E-state index in [4.69, 9.17) is 20.8 Å². The number of aliphatic hydroxyl groups excluding tert-OH is 1. The highest BCUT2D eigenvalue weighted by molar-refractivity contribution is 7.92. The Bertz CT molecular complexity index is 1630. The number of carbonyl (C=O) groups is 1. The summed E-state index contributed by atoms with van der Waals surface area (Å²) in [5.74, 6) is 0.199. The van der Waals surface area contributed by atoms with Crippen molar-refractivity contribution in [2.45, 2.75) is 18.6 Å². The number of phenols is 1. The van der Waals surface area contributed by atoms with Crippen LogP contribution in [0.5, 0.6) is 11.5 Å². The number of aliphatic hydroxyl groups is 1. The van der Waals surface area contributed by atoms with Crippen LogP contribution in [-0.2, 0) is 20.4 Å². The van der Waals surface area contributed by atoms with Crippen molar-refractivity contribution in [3.63, 3.8) is 0 Å². The number of aromatic hydroxyl groups is 1. The number of aromatic nitrogens is 1. The maximum Gasteiger partial charge on any atom is 0.249 e. The Balaban J connectivity index is 1.59. The minimum atomic E-state index is -3.67. The molecule has 0 aliphatic carbocycles. The molecule has 0 aliphatic heterocycles. The minimum absolute atomic E-state index is 0.0789. The van der Waals surface area contributed by atoms with Crippen molar-refractivity contribution in [3.05, 3.63) is 89.3 Å². The van der Waals surface area contributed by atoms with Gasteiger partial charge in [-0.25, -0.2) is 13.4 Å². The van der Waals surface area contributed by atoms with Crippen LogP contribution in [0.15, 0.2) is 77.5 Å². The van der Waals surface area contributed by atoms with Gasteiger partial charge >= 0.3 is 0 Å². The maximum atomic E-state index is 13.7. The van der Waals surface area contributed by atoms with Crippen LogP contribution < -0.4 is 20.1 Å². The van der Waals surface area contributed by atoms with Crippen molar-refractivity contribution >= 4 is 38.9 Å². The van der Waals surface area contributed by atoms with Gasteiger partial charge in [0.1, 0.15) is 23.3 Å². The number of hydrogen-bond acceptors (Lipinski definition) is 9. The van der Waals surface area contributed by atoms with Crippen LogP contribution in [0.2, 0.25) is 5.02 Å². The summed E-state index contributed by atoms with van der Waals surface area (Å²) in [5.41, 5.74) is 0.444. The summed E-state index contributed by atoms with van der Waals surface area (Å²) >= 11 is 6.43. The molecule has 1 amide bonds. The number of methoxy groups -OCH3 is 1. The highest BCUT2D eigenvalue weighted by atomic mass is 35.5. The molecule has 13 heteroatoms. The van der Waals surface area contributed by atoms with E-state index in [1.54, 1.807) is 49.4 Å². The molecule has 0 radical (unpaired) electrons. The largest absolute Gasteiger partial charge is 0.506 e. The van der Waals surface area contributed by atoms with Crippen molar-refractivity contribution in [2.24, 2.45) is 0 Å². The highest BCUT2D eigenvalue weighted by Crippen LogP contribution is 2.32. The number of sulfonamides is 1. The quantitative estimate of drug-likeness (QED) is 0.158. The number of carbonyl (C=O) groups excluding carboxylic acids is 1. The number of oxazole rings is 1. The number of hydrogen-bond donors (Lipinski definition) is 5. The first-order valence-corrected chi connectivity index (χ1v) is 14.6. The molecule has 2 atom stereocenters. The summed E-state index contributed by atoms with van der Waals surface area (Å²) in [6.07, 6.45) is 2.71. The fourth-order valence-electron chi connectivity index (χ4n) is 4.08. The average Bonchev–Trinajstić information content (AvgIpc) is 3.47. The molecule has 4 aromatic rings. The Morgan fingerprint density at radius 3 is 2.49 bits per heavy atom. The molecule has 11 nitrogen and oxygen atoms in total. The fraction of sp³-hybridized carbons (Fsp3) is 0.214. The molecule has 5 N–H and O–H groups in total. The Kier molecular flexibility index (Phi) is 8.88. The van der Waals surface area contributed by atoms with E-state index in [1.165, 1.54) is 37.8 Å². The summed E-state index contributed by atoms with van der Waals surface area (Å²) in [5, 5.41) is 27.3.